The third kappa shape index (κ3) is 4.71. The van der Waals surface area contributed by atoms with Crippen molar-refractivity contribution in [3.8, 4) is 28.4 Å². The SMILES string of the molecule is CCCC(=O)c1cc(OC)c(Pc2ccc(O)c(-c3c(F)c(F)c(F)c(F)c3F)c2)c(OC)c1. The second-order valence-corrected chi connectivity index (χ2v) is 8.56. The van der Waals surface area contributed by atoms with E-state index in [-0.39, 0.29) is 14.4 Å². The number of halogens is 5. The van der Waals surface area contributed by atoms with Crippen LogP contribution in [0.2, 0.25) is 0 Å². The van der Waals surface area contributed by atoms with E-state index in [0.29, 0.717) is 40.5 Å². The zero-order valence-corrected chi connectivity index (χ0v) is 19.4. The van der Waals surface area contributed by atoms with Gasteiger partial charge in [0.15, 0.2) is 29.1 Å². The molecule has 0 heterocycles. The highest BCUT2D eigenvalue weighted by Gasteiger charge is 2.28. The predicted molar refractivity (Wildman–Crippen MR) is 120 cm³/mol. The molecule has 4 nitrogen and oxygen atoms in total. The molecule has 0 saturated heterocycles. The Morgan fingerprint density at radius 2 is 1.41 bits per heavy atom. The highest BCUT2D eigenvalue weighted by atomic mass is 31.1. The zero-order valence-electron chi connectivity index (χ0n) is 18.4. The number of ether oxygens (including phenoxy) is 2. The van der Waals surface area contributed by atoms with Crippen LogP contribution in [0.25, 0.3) is 11.1 Å². The lowest BCUT2D eigenvalue weighted by Gasteiger charge is -2.16. The summed E-state index contributed by atoms with van der Waals surface area (Å²) in [5.41, 5.74) is -1.41. The fourth-order valence-corrected chi connectivity index (χ4v) is 4.63. The van der Waals surface area contributed by atoms with Gasteiger partial charge in [-0.05, 0) is 36.0 Å². The van der Waals surface area contributed by atoms with Crippen molar-refractivity contribution in [2.24, 2.45) is 0 Å². The molecule has 0 aliphatic rings. The first kappa shape index (κ1) is 25.4. The van der Waals surface area contributed by atoms with Gasteiger partial charge in [-0.25, -0.2) is 22.0 Å². The molecule has 34 heavy (non-hydrogen) atoms. The van der Waals surface area contributed by atoms with Crippen LogP contribution < -0.4 is 20.1 Å². The van der Waals surface area contributed by atoms with Crippen LogP contribution >= 0.6 is 8.58 Å². The molecule has 0 aliphatic carbocycles. The fraction of sp³-hybridized carbons (Fsp3) is 0.208. The van der Waals surface area contributed by atoms with Gasteiger partial charge < -0.3 is 14.6 Å². The summed E-state index contributed by atoms with van der Waals surface area (Å²) in [4.78, 5) is 12.3. The maximum absolute atomic E-state index is 14.3. The summed E-state index contributed by atoms with van der Waals surface area (Å²) in [6, 6.07) is 6.75. The van der Waals surface area contributed by atoms with Crippen molar-refractivity contribution in [2.75, 3.05) is 14.2 Å². The number of hydrogen-bond acceptors (Lipinski definition) is 4. The molecule has 0 saturated carbocycles. The molecule has 1 N–H and O–H groups in total. The minimum Gasteiger partial charge on any atom is -0.507 e. The number of hydrogen-bond donors (Lipinski definition) is 1. The van der Waals surface area contributed by atoms with Crippen LogP contribution in [-0.2, 0) is 0 Å². The van der Waals surface area contributed by atoms with Crippen molar-refractivity contribution in [1.29, 1.82) is 0 Å². The van der Waals surface area contributed by atoms with Gasteiger partial charge in [0.1, 0.15) is 17.2 Å². The van der Waals surface area contributed by atoms with Crippen molar-refractivity contribution in [3.63, 3.8) is 0 Å². The molecule has 0 amide bonds. The Kier molecular flexibility index (Phi) is 7.77. The quantitative estimate of drug-likeness (QED) is 0.149. The van der Waals surface area contributed by atoms with Gasteiger partial charge in [0.05, 0.1) is 25.1 Å². The van der Waals surface area contributed by atoms with Crippen LogP contribution in [-0.4, -0.2) is 25.1 Å². The third-order valence-corrected chi connectivity index (χ3v) is 6.39. The molecule has 3 rings (SSSR count). The Bertz CT molecular complexity index is 1210. The molecule has 0 aliphatic heterocycles. The first-order chi connectivity index (χ1) is 16.1. The molecule has 3 aromatic carbocycles. The maximum Gasteiger partial charge on any atom is 0.200 e. The third-order valence-electron chi connectivity index (χ3n) is 5.05. The van der Waals surface area contributed by atoms with Gasteiger partial charge in [0.25, 0.3) is 0 Å². The van der Waals surface area contributed by atoms with Gasteiger partial charge in [0, 0.05) is 17.5 Å². The number of methoxy groups -OCH3 is 2. The van der Waals surface area contributed by atoms with Crippen molar-refractivity contribution >= 4 is 25.0 Å². The number of ketones is 1. The summed E-state index contributed by atoms with van der Waals surface area (Å²) < 4.78 is 80.4. The molecular formula is C24H20F5O4P. The second kappa shape index (κ2) is 10.4. The predicted octanol–water partition coefficient (Wildman–Crippen LogP) is 5.38. The van der Waals surface area contributed by atoms with E-state index in [2.05, 4.69) is 0 Å². The summed E-state index contributed by atoms with van der Waals surface area (Å²) in [5.74, 6) is -10.8. The lowest BCUT2D eigenvalue weighted by atomic mass is 10.0. The number of carbonyl (C=O) groups excluding carboxylic acids is 1. The molecule has 1 unspecified atom stereocenters. The Hall–Kier alpha value is -3.19. The molecule has 10 heteroatoms. The van der Waals surface area contributed by atoms with Crippen LogP contribution in [0.3, 0.4) is 0 Å². The Morgan fingerprint density at radius 3 is 1.91 bits per heavy atom. The van der Waals surface area contributed by atoms with E-state index in [1.807, 2.05) is 6.92 Å². The molecule has 0 spiro atoms. The highest BCUT2D eigenvalue weighted by Crippen LogP contribution is 2.37. The van der Waals surface area contributed by atoms with E-state index in [0.717, 1.165) is 12.1 Å². The first-order valence-corrected chi connectivity index (χ1v) is 11.1. The number of phenolic OH excluding ortho intramolecular Hbond substituents is 1. The Labute approximate surface area is 194 Å². The van der Waals surface area contributed by atoms with Crippen molar-refractivity contribution in [3.05, 3.63) is 65.0 Å². The minimum atomic E-state index is -2.29. The molecule has 180 valence electrons. The highest BCUT2D eigenvalue weighted by molar-refractivity contribution is 7.56. The fourth-order valence-electron chi connectivity index (χ4n) is 3.37. The molecule has 0 bridgehead atoms. The molecule has 3 aromatic rings. The van der Waals surface area contributed by atoms with Gasteiger partial charge >= 0.3 is 0 Å². The van der Waals surface area contributed by atoms with E-state index < -0.39 is 46.0 Å². The van der Waals surface area contributed by atoms with E-state index in [9.17, 15) is 31.9 Å². The smallest absolute Gasteiger partial charge is 0.200 e. The molecule has 1 atom stereocenters. The van der Waals surface area contributed by atoms with Crippen molar-refractivity contribution in [1.82, 2.24) is 0 Å². The largest absolute Gasteiger partial charge is 0.507 e. The monoisotopic (exact) mass is 498 g/mol. The summed E-state index contributed by atoms with van der Waals surface area (Å²) in [7, 11) is 2.52. The lowest BCUT2D eigenvalue weighted by molar-refractivity contribution is 0.0981. The van der Waals surface area contributed by atoms with Crippen LogP contribution in [0.4, 0.5) is 22.0 Å². The van der Waals surface area contributed by atoms with E-state index in [4.69, 9.17) is 9.47 Å². The van der Waals surface area contributed by atoms with E-state index >= 15 is 0 Å². The van der Waals surface area contributed by atoms with Gasteiger partial charge in [-0.1, -0.05) is 21.6 Å². The number of carbonyl (C=O) groups is 1. The van der Waals surface area contributed by atoms with Crippen LogP contribution in [0, 0.1) is 29.1 Å². The van der Waals surface area contributed by atoms with Crippen LogP contribution in [0.5, 0.6) is 17.2 Å². The van der Waals surface area contributed by atoms with Gasteiger partial charge in [-0.2, -0.15) is 0 Å². The summed E-state index contributed by atoms with van der Waals surface area (Å²) in [6.45, 7) is 1.87. The van der Waals surface area contributed by atoms with Crippen molar-refractivity contribution in [2.45, 2.75) is 19.8 Å². The minimum absolute atomic E-state index is 0.104. The maximum atomic E-state index is 14.3. The number of rotatable bonds is 8. The standard InChI is InChI=1S/C24H20F5O4P/c1-4-5-14(30)11-8-16(32-2)24(17(9-11)33-3)34-12-6-7-15(31)13(10-12)18-19(25)21(27)23(29)22(28)20(18)26/h6-10,31,34H,4-5H2,1-3H3. The molecular weight excluding hydrogens is 478 g/mol. The summed E-state index contributed by atoms with van der Waals surface area (Å²) in [5, 5.41) is 11.0. The number of benzene rings is 3. The normalized spacial score (nSPS) is 11.3. The Morgan fingerprint density at radius 1 is 0.882 bits per heavy atom. The molecule has 0 aromatic heterocycles. The first-order valence-electron chi connectivity index (χ1n) is 10.1. The van der Waals surface area contributed by atoms with Gasteiger partial charge in [-0.3, -0.25) is 4.79 Å². The molecule has 0 radical (unpaired) electrons. The van der Waals surface area contributed by atoms with E-state index in [1.165, 1.54) is 20.3 Å². The molecule has 0 fully saturated rings. The average molecular weight is 498 g/mol. The summed E-state index contributed by atoms with van der Waals surface area (Å²) in [6.07, 6.45) is 0.984. The topological polar surface area (TPSA) is 55.8 Å². The number of aromatic hydroxyl groups is 1. The number of phenols is 1. The van der Waals surface area contributed by atoms with Crippen LogP contribution in [0.1, 0.15) is 30.1 Å². The van der Waals surface area contributed by atoms with Crippen molar-refractivity contribution < 1.29 is 41.3 Å². The van der Waals surface area contributed by atoms with Crippen LogP contribution in [0.15, 0.2) is 30.3 Å². The average Bonchev–Trinajstić information content (AvgIpc) is 2.83. The summed E-state index contributed by atoms with van der Waals surface area (Å²) >= 11 is 0. The second-order valence-electron chi connectivity index (χ2n) is 7.23. The number of Topliss-reactive ketones (excluding diaryl/α,β-unsaturated/α-hetero) is 1. The zero-order chi connectivity index (χ0) is 25.2. The lowest BCUT2D eigenvalue weighted by Crippen LogP contribution is -2.13. The van der Waals surface area contributed by atoms with Gasteiger partial charge in [-0.15, -0.1) is 0 Å². The van der Waals surface area contributed by atoms with Gasteiger partial charge in [0.2, 0.25) is 5.82 Å². The Balaban J connectivity index is 2.12. The van der Waals surface area contributed by atoms with E-state index in [1.54, 1.807) is 12.1 Å².